The zero-order valence-electron chi connectivity index (χ0n) is 15.7. The molecule has 1 saturated carbocycles. The lowest BCUT2D eigenvalue weighted by Crippen LogP contribution is -2.28. The summed E-state index contributed by atoms with van der Waals surface area (Å²) in [4.78, 5) is 26.5. The van der Waals surface area contributed by atoms with Crippen molar-refractivity contribution in [2.75, 3.05) is 16.0 Å². The Morgan fingerprint density at radius 3 is 2.44 bits per heavy atom. The third kappa shape index (κ3) is 3.61. The van der Waals surface area contributed by atoms with E-state index in [4.69, 9.17) is 0 Å². The maximum Gasteiger partial charge on any atom is 0.238 e. The molecule has 27 heavy (non-hydrogen) atoms. The number of hydrogen-bond donors (Lipinski definition) is 1. The summed E-state index contributed by atoms with van der Waals surface area (Å²) in [5.41, 5.74) is 5.25. The molecule has 0 radical (unpaired) electrons. The van der Waals surface area contributed by atoms with Gasteiger partial charge in [-0.3, -0.25) is 14.5 Å². The molecule has 0 aromatic heterocycles. The molecule has 2 fully saturated rings. The van der Waals surface area contributed by atoms with Crippen LogP contribution in [0, 0.1) is 19.8 Å². The molecule has 140 valence electrons. The smallest absolute Gasteiger partial charge is 0.238 e. The minimum Gasteiger partial charge on any atom is -0.326 e. The Hall–Kier alpha value is -2.27. The van der Waals surface area contributed by atoms with E-state index >= 15 is 0 Å². The van der Waals surface area contributed by atoms with Gasteiger partial charge in [0, 0.05) is 17.3 Å². The second-order valence-electron chi connectivity index (χ2n) is 7.43. The van der Waals surface area contributed by atoms with E-state index in [0.717, 1.165) is 36.2 Å². The summed E-state index contributed by atoms with van der Waals surface area (Å²) in [7, 11) is 0. The van der Waals surface area contributed by atoms with Gasteiger partial charge in [-0.15, -0.1) is 11.8 Å². The number of rotatable bonds is 4. The Bertz CT molecular complexity index is 874. The van der Waals surface area contributed by atoms with E-state index in [-0.39, 0.29) is 23.1 Å². The van der Waals surface area contributed by atoms with Crippen LogP contribution in [0.2, 0.25) is 0 Å². The predicted octanol–water partition coefficient (Wildman–Crippen LogP) is 4.82. The number of benzene rings is 2. The predicted molar refractivity (Wildman–Crippen MR) is 111 cm³/mol. The van der Waals surface area contributed by atoms with Gasteiger partial charge in [-0.25, -0.2) is 0 Å². The van der Waals surface area contributed by atoms with Crippen LogP contribution in [0.5, 0.6) is 0 Å². The second-order valence-corrected chi connectivity index (χ2v) is 8.50. The molecule has 1 unspecified atom stereocenters. The third-order valence-electron chi connectivity index (χ3n) is 5.58. The van der Waals surface area contributed by atoms with Gasteiger partial charge >= 0.3 is 0 Å². The third-order valence-corrected chi connectivity index (χ3v) is 6.79. The highest BCUT2D eigenvalue weighted by Crippen LogP contribution is 2.42. The molecular formula is C22H24N2O2S. The fourth-order valence-corrected chi connectivity index (χ4v) is 4.65. The first-order valence-corrected chi connectivity index (χ1v) is 10.5. The lowest BCUT2D eigenvalue weighted by atomic mass is 9.85. The number of carbonyl (C=O) groups is 2. The van der Waals surface area contributed by atoms with Crippen molar-refractivity contribution in [3.63, 3.8) is 0 Å². The minimum absolute atomic E-state index is 0.0315. The van der Waals surface area contributed by atoms with Crippen molar-refractivity contribution in [2.24, 2.45) is 5.92 Å². The summed E-state index contributed by atoms with van der Waals surface area (Å²) >= 11 is 1.64. The van der Waals surface area contributed by atoms with Gasteiger partial charge in [0.2, 0.25) is 11.8 Å². The van der Waals surface area contributed by atoms with Crippen LogP contribution in [0.4, 0.5) is 11.4 Å². The molecule has 4 rings (SSSR count). The van der Waals surface area contributed by atoms with Crippen LogP contribution in [0.15, 0.2) is 42.5 Å². The minimum atomic E-state index is -0.0315. The van der Waals surface area contributed by atoms with Crippen LogP contribution in [0.3, 0.4) is 0 Å². The zero-order chi connectivity index (χ0) is 19.0. The number of nitrogens with one attached hydrogen (secondary N) is 1. The van der Waals surface area contributed by atoms with Crippen molar-refractivity contribution < 1.29 is 9.59 Å². The Kier molecular flexibility index (Phi) is 4.96. The summed E-state index contributed by atoms with van der Waals surface area (Å²) < 4.78 is 0. The van der Waals surface area contributed by atoms with Crippen molar-refractivity contribution in [3.8, 4) is 0 Å². The number of amides is 2. The molecule has 2 aromatic rings. The molecule has 0 spiro atoms. The van der Waals surface area contributed by atoms with Crippen LogP contribution in [0.25, 0.3) is 0 Å². The summed E-state index contributed by atoms with van der Waals surface area (Å²) in [6, 6.07) is 14.1. The van der Waals surface area contributed by atoms with Gasteiger partial charge in [0.1, 0.15) is 5.37 Å². The molecule has 2 aromatic carbocycles. The van der Waals surface area contributed by atoms with Crippen LogP contribution < -0.4 is 10.2 Å². The highest BCUT2D eigenvalue weighted by atomic mass is 32.2. The average molecular weight is 381 g/mol. The quantitative estimate of drug-likeness (QED) is 0.827. The van der Waals surface area contributed by atoms with E-state index in [1.54, 1.807) is 11.8 Å². The molecule has 5 heteroatoms. The zero-order valence-corrected chi connectivity index (χ0v) is 16.5. The first-order valence-electron chi connectivity index (χ1n) is 9.44. The standard InChI is InChI=1S/C22H24N2O2S/c1-14-6-11-19(12-15(14)2)24-20(25)13-27-22(24)17-7-9-18(10-8-17)23-21(26)16-4-3-5-16/h6-12,16,22H,3-5,13H2,1-2H3,(H,23,26). The first kappa shape index (κ1) is 18.1. The second kappa shape index (κ2) is 7.39. The molecule has 2 amide bonds. The molecule has 1 heterocycles. The number of nitrogens with zero attached hydrogens (tertiary/aromatic N) is 1. The number of carbonyl (C=O) groups excluding carboxylic acids is 2. The fraction of sp³-hybridized carbons (Fsp3) is 0.364. The molecule has 1 saturated heterocycles. The van der Waals surface area contributed by atoms with Crippen LogP contribution in [-0.4, -0.2) is 17.6 Å². The van der Waals surface area contributed by atoms with Gasteiger partial charge in [-0.2, -0.15) is 0 Å². The van der Waals surface area contributed by atoms with Crippen molar-refractivity contribution in [1.29, 1.82) is 0 Å². The Balaban J connectivity index is 1.53. The van der Waals surface area contributed by atoms with E-state index in [9.17, 15) is 9.59 Å². The maximum absolute atomic E-state index is 12.5. The van der Waals surface area contributed by atoms with Gasteiger partial charge < -0.3 is 5.32 Å². The van der Waals surface area contributed by atoms with Crippen LogP contribution >= 0.6 is 11.8 Å². The molecule has 4 nitrogen and oxygen atoms in total. The van der Waals surface area contributed by atoms with Crippen LogP contribution in [-0.2, 0) is 9.59 Å². The monoisotopic (exact) mass is 380 g/mol. The molecular weight excluding hydrogens is 356 g/mol. The van der Waals surface area contributed by atoms with E-state index < -0.39 is 0 Å². The van der Waals surface area contributed by atoms with E-state index in [1.807, 2.05) is 35.2 Å². The first-order chi connectivity index (χ1) is 13.0. The molecule has 1 aliphatic heterocycles. The number of anilines is 2. The SMILES string of the molecule is Cc1ccc(N2C(=O)CSC2c2ccc(NC(=O)C3CCC3)cc2)cc1C. The fourth-order valence-electron chi connectivity index (χ4n) is 3.47. The summed E-state index contributed by atoms with van der Waals surface area (Å²) in [5.74, 6) is 0.914. The Morgan fingerprint density at radius 1 is 1.07 bits per heavy atom. The topological polar surface area (TPSA) is 49.4 Å². The van der Waals surface area contributed by atoms with Gasteiger partial charge in [0.25, 0.3) is 0 Å². The molecule has 0 bridgehead atoms. The lowest BCUT2D eigenvalue weighted by Gasteiger charge is -2.26. The highest BCUT2D eigenvalue weighted by molar-refractivity contribution is 8.00. The highest BCUT2D eigenvalue weighted by Gasteiger charge is 2.34. The van der Waals surface area contributed by atoms with Gasteiger partial charge in [-0.1, -0.05) is 24.6 Å². The van der Waals surface area contributed by atoms with Gasteiger partial charge in [0.15, 0.2) is 0 Å². The lowest BCUT2D eigenvalue weighted by molar-refractivity contribution is -0.122. The van der Waals surface area contributed by atoms with E-state index in [0.29, 0.717) is 5.75 Å². The number of thioether (sulfide) groups is 1. The van der Waals surface area contributed by atoms with Crippen molar-refractivity contribution >= 4 is 35.0 Å². The summed E-state index contributed by atoms with van der Waals surface area (Å²) in [6.45, 7) is 4.15. The van der Waals surface area contributed by atoms with E-state index in [1.165, 1.54) is 11.1 Å². The van der Waals surface area contributed by atoms with Gasteiger partial charge in [-0.05, 0) is 67.6 Å². The number of hydrogen-bond acceptors (Lipinski definition) is 3. The Morgan fingerprint density at radius 2 is 1.81 bits per heavy atom. The van der Waals surface area contributed by atoms with E-state index in [2.05, 4.69) is 31.3 Å². The van der Waals surface area contributed by atoms with Crippen molar-refractivity contribution in [3.05, 3.63) is 59.2 Å². The van der Waals surface area contributed by atoms with Gasteiger partial charge in [0.05, 0.1) is 5.75 Å². The maximum atomic E-state index is 12.5. The van der Waals surface area contributed by atoms with Crippen LogP contribution in [0.1, 0.15) is 41.3 Å². The van der Waals surface area contributed by atoms with Crippen molar-refractivity contribution in [1.82, 2.24) is 0 Å². The average Bonchev–Trinajstić information content (AvgIpc) is 2.98. The molecule has 1 N–H and O–H groups in total. The molecule has 1 atom stereocenters. The largest absolute Gasteiger partial charge is 0.326 e. The summed E-state index contributed by atoms with van der Waals surface area (Å²) in [5, 5.41) is 2.97. The Labute approximate surface area is 164 Å². The number of aryl methyl sites for hydroxylation is 2. The summed E-state index contributed by atoms with van der Waals surface area (Å²) in [6.07, 6.45) is 3.14. The normalized spacial score (nSPS) is 19.9. The molecule has 1 aliphatic carbocycles. The van der Waals surface area contributed by atoms with Crippen molar-refractivity contribution in [2.45, 2.75) is 38.5 Å². The molecule has 2 aliphatic rings.